The summed E-state index contributed by atoms with van der Waals surface area (Å²) in [5, 5.41) is 12.5. The first-order valence-electron chi connectivity index (χ1n) is 5.60. The van der Waals surface area contributed by atoms with Crippen molar-refractivity contribution in [1.82, 2.24) is 0 Å². The number of hydrogen-bond donors (Lipinski definition) is 1. The normalized spacial score (nSPS) is 11.9. The lowest BCUT2D eigenvalue weighted by atomic mass is 9.85. The second-order valence-electron chi connectivity index (χ2n) is 5.12. The van der Waals surface area contributed by atoms with Crippen molar-refractivity contribution in [3.63, 3.8) is 0 Å². The van der Waals surface area contributed by atoms with Gasteiger partial charge in [0.25, 0.3) is 0 Å². The van der Waals surface area contributed by atoms with Gasteiger partial charge in [-0.15, -0.1) is 11.3 Å². The molecule has 2 rings (SSSR count). The van der Waals surface area contributed by atoms with Gasteiger partial charge in [0.2, 0.25) is 0 Å². The van der Waals surface area contributed by atoms with E-state index in [1.165, 1.54) is 15.6 Å². The molecule has 90 valence electrons. The standard InChI is InChI=1S/C14H16O2S/c1-9-8-17-12-5-4-10(6-11(9)12)7-14(2,3)13(15)16/h4-6,8H,7H2,1-3H3,(H,15,16). The summed E-state index contributed by atoms with van der Waals surface area (Å²) in [6, 6.07) is 6.23. The molecule has 17 heavy (non-hydrogen) atoms. The van der Waals surface area contributed by atoms with E-state index in [4.69, 9.17) is 5.11 Å². The molecule has 0 unspecified atom stereocenters. The van der Waals surface area contributed by atoms with Crippen molar-refractivity contribution in [3.8, 4) is 0 Å². The van der Waals surface area contributed by atoms with Crippen LogP contribution in [0.15, 0.2) is 23.6 Å². The van der Waals surface area contributed by atoms with Gasteiger partial charge in [-0.2, -0.15) is 0 Å². The highest BCUT2D eigenvalue weighted by Gasteiger charge is 2.27. The van der Waals surface area contributed by atoms with Gasteiger partial charge in [0.15, 0.2) is 0 Å². The second kappa shape index (κ2) is 4.15. The maximum Gasteiger partial charge on any atom is 0.309 e. The summed E-state index contributed by atoms with van der Waals surface area (Å²) < 4.78 is 1.26. The van der Waals surface area contributed by atoms with Crippen molar-refractivity contribution >= 4 is 27.4 Å². The van der Waals surface area contributed by atoms with Crippen molar-refractivity contribution in [2.75, 3.05) is 0 Å². The molecule has 0 aliphatic heterocycles. The molecule has 0 saturated carbocycles. The number of carboxylic acids is 1. The zero-order chi connectivity index (χ0) is 12.6. The van der Waals surface area contributed by atoms with Crippen LogP contribution in [-0.2, 0) is 11.2 Å². The van der Waals surface area contributed by atoms with Crippen molar-refractivity contribution in [2.45, 2.75) is 27.2 Å². The molecule has 1 aromatic heterocycles. The largest absolute Gasteiger partial charge is 0.481 e. The Morgan fingerprint density at radius 2 is 2.12 bits per heavy atom. The number of fused-ring (bicyclic) bond motifs is 1. The average Bonchev–Trinajstić information content (AvgIpc) is 2.60. The Morgan fingerprint density at radius 1 is 1.41 bits per heavy atom. The molecule has 3 heteroatoms. The van der Waals surface area contributed by atoms with Crippen molar-refractivity contribution in [2.24, 2.45) is 5.41 Å². The molecule has 0 aliphatic carbocycles. The zero-order valence-corrected chi connectivity index (χ0v) is 11.1. The van der Waals surface area contributed by atoms with E-state index in [0.717, 1.165) is 5.56 Å². The van der Waals surface area contributed by atoms with Crippen LogP contribution in [0.4, 0.5) is 0 Å². The molecule has 0 spiro atoms. The Labute approximate surface area is 105 Å². The summed E-state index contributed by atoms with van der Waals surface area (Å²) in [5.41, 5.74) is 1.64. The molecule has 2 nitrogen and oxygen atoms in total. The van der Waals surface area contributed by atoms with E-state index in [2.05, 4.69) is 24.4 Å². The van der Waals surface area contributed by atoms with Crippen LogP contribution in [0.25, 0.3) is 10.1 Å². The Morgan fingerprint density at radius 3 is 2.76 bits per heavy atom. The lowest BCUT2D eigenvalue weighted by Gasteiger charge is -2.18. The van der Waals surface area contributed by atoms with Gasteiger partial charge in [0.05, 0.1) is 5.41 Å². The van der Waals surface area contributed by atoms with Crippen molar-refractivity contribution in [1.29, 1.82) is 0 Å². The van der Waals surface area contributed by atoms with Crippen molar-refractivity contribution in [3.05, 3.63) is 34.7 Å². The van der Waals surface area contributed by atoms with Crippen LogP contribution in [0.2, 0.25) is 0 Å². The van der Waals surface area contributed by atoms with Crippen LogP contribution in [-0.4, -0.2) is 11.1 Å². The van der Waals surface area contributed by atoms with E-state index in [1.807, 2.05) is 6.07 Å². The predicted molar refractivity (Wildman–Crippen MR) is 71.7 cm³/mol. The summed E-state index contributed by atoms with van der Waals surface area (Å²) in [6.07, 6.45) is 0.563. The number of aliphatic carboxylic acids is 1. The van der Waals surface area contributed by atoms with Crippen molar-refractivity contribution < 1.29 is 9.90 Å². The molecule has 1 aromatic carbocycles. The molecule has 0 aliphatic rings. The summed E-state index contributed by atoms with van der Waals surface area (Å²) in [4.78, 5) is 11.1. The highest BCUT2D eigenvalue weighted by atomic mass is 32.1. The zero-order valence-electron chi connectivity index (χ0n) is 10.3. The first-order valence-corrected chi connectivity index (χ1v) is 6.48. The lowest BCUT2D eigenvalue weighted by Crippen LogP contribution is -2.26. The number of thiophene rings is 1. The van der Waals surface area contributed by atoms with Gasteiger partial charge in [-0.1, -0.05) is 12.1 Å². The summed E-state index contributed by atoms with van der Waals surface area (Å²) in [6.45, 7) is 5.62. The number of carboxylic acid groups (broad SMARTS) is 1. The molecule has 0 saturated heterocycles. The maximum atomic E-state index is 11.1. The minimum Gasteiger partial charge on any atom is -0.481 e. The molecular weight excluding hydrogens is 232 g/mol. The minimum atomic E-state index is -0.750. The third-order valence-corrected chi connectivity index (χ3v) is 4.14. The molecule has 0 fully saturated rings. The van der Waals surface area contributed by atoms with Crippen LogP contribution in [0.3, 0.4) is 0 Å². The fraction of sp³-hybridized carbons (Fsp3) is 0.357. The van der Waals surface area contributed by atoms with Gasteiger partial charge in [-0.25, -0.2) is 0 Å². The molecule has 0 amide bonds. The van der Waals surface area contributed by atoms with Crippen LogP contribution >= 0.6 is 11.3 Å². The van der Waals surface area contributed by atoms with E-state index in [1.54, 1.807) is 25.2 Å². The molecule has 0 radical (unpaired) electrons. The summed E-state index contributed by atoms with van der Waals surface area (Å²) in [7, 11) is 0. The number of aryl methyl sites for hydroxylation is 1. The monoisotopic (exact) mass is 248 g/mol. The predicted octanol–water partition coefficient (Wildman–Crippen LogP) is 3.86. The van der Waals surface area contributed by atoms with E-state index >= 15 is 0 Å². The van der Waals surface area contributed by atoms with Crippen LogP contribution < -0.4 is 0 Å². The quantitative estimate of drug-likeness (QED) is 0.895. The number of benzene rings is 1. The fourth-order valence-corrected chi connectivity index (χ4v) is 2.82. The highest BCUT2D eigenvalue weighted by molar-refractivity contribution is 7.17. The van der Waals surface area contributed by atoms with E-state index in [9.17, 15) is 4.79 Å². The van der Waals surface area contributed by atoms with E-state index in [0.29, 0.717) is 6.42 Å². The third kappa shape index (κ3) is 2.34. The Hall–Kier alpha value is -1.35. The second-order valence-corrected chi connectivity index (χ2v) is 6.03. The lowest BCUT2D eigenvalue weighted by molar-refractivity contribution is -0.146. The SMILES string of the molecule is Cc1csc2ccc(CC(C)(C)C(=O)O)cc12. The smallest absolute Gasteiger partial charge is 0.309 e. The fourth-order valence-electron chi connectivity index (χ4n) is 1.90. The highest BCUT2D eigenvalue weighted by Crippen LogP contribution is 2.29. The Kier molecular flexibility index (Phi) is 2.96. The van der Waals surface area contributed by atoms with E-state index in [-0.39, 0.29) is 0 Å². The number of carbonyl (C=O) groups is 1. The summed E-state index contributed by atoms with van der Waals surface area (Å²) >= 11 is 1.73. The average molecular weight is 248 g/mol. The first-order chi connectivity index (χ1) is 7.90. The number of rotatable bonds is 3. The number of hydrogen-bond acceptors (Lipinski definition) is 2. The Bertz CT molecular complexity index is 567. The van der Waals surface area contributed by atoms with Crippen LogP contribution in [0, 0.1) is 12.3 Å². The molecule has 2 aromatic rings. The van der Waals surface area contributed by atoms with Gasteiger partial charge in [-0.3, -0.25) is 4.79 Å². The topological polar surface area (TPSA) is 37.3 Å². The molecular formula is C14H16O2S. The van der Waals surface area contributed by atoms with Gasteiger partial charge in [0.1, 0.15) is 0 Å². The molecule has 0 bridgehead atoms. The van der Waals surface area contributed by atoms with Crippen LogP contribution in [0.1, 0.15) is 25.0 Å². The van der Waals surface area contributed by atoms with Gasteiger partial charge < -0.3 is 5.11 Å². The summed E-state index contributed by atoms with van der Waals surface area (Å²) in [5.74, 6) is -0.750. The molecule has 1 heterocycles. The molecule has 1 N–H and O–H groups in total. The maximum absolute atomic E-state index is 11.1. The van der Waals surface area contributed by atoms with E-state index < -0.39 is 11.4 Å². The van der Waals surface area contributed by atoms with Gasteiger partial charge in [0, 0.05) is 4.70 Å². The Balaban J connectivity index is 2.37. The minimum absolute atomic E-state index is 0.563. The first kappa shape index (κ1) is 12.1. The van der Waals surface area contributed by atoms with Crippen LogP contribution in [0.5, 0.6) is 0 Å². The van der Waals surface area contributed by atoms with Gasteiger partial charge >= 0.3 is 5.97 Å². The third-order valence-electron chi connectivity index (χ3n) is 3.06. The molecule has 0 atom stereocenters. The van der Waals surface area contributed by atoms with Gasteiger partial charge in [-0.05, 0) is 55.2 Å².